The zero-order valence-electron chi connectivity index (χ0n) is 7.19. The first-order chi connectivity index (χ1) is 6.11. The maximum Gasteiger partial charge on any atom is 0.328 e. The fourth-order valence-corrected chi connectivity index (χ4v) is 0.715. The lowest BCUT2D eigenvalue weighted by Crippen LogP contribution is -2.43. The van der Waals surface area contributed by atoms with Crippen molar-refractivity contribution < 1.29 is 19.8 Å². The van der Waals surface area contributed by atoms with Crippen LogP contribution < -0.4 is 11.1 Å². The molecule has 0 radical (unpaired) electrons. The van der Waals surface area contributed by atoms with Gasteiger partial charge in [-0.2, -0.15) is 0 Å². The number of aliphatic hydroxyl groups excluding tert-OH is 1. The Labute approximate surface area is 75.7 Å². The number of hydrogen-bond donors (Lipinski definition) is 4. The van der Waals surface area contributed by atoms with E-state index in [-0.39, 0.29) is 6.42 Å². The highest BCUT2D eigenvalue weighted by Gasteiger charge is 2.17. The molecule has 0 saturated heterocycles. The van der Waals surface area contributed by atoms with Crippen LogP contribution in [0.2, 0.25) is 0 Å². The van der Waals surface area contributed by atoms with Crippen LogP contribution in [0.3, 0.4) is 0 Å². The molecule has 0 aromatic heterocycles. The van der Waals surface area contributed by atoms with E-state index in [1.807, 2.05) is 0 Å². The van der Waals surface area contributed by atoms with Gasteiger partial charge in [0.2, 0.25) is 5.91 Å². The minimum Gasteiger partial charge on any atom is -0.480 e. The monoisotopic (exact) mass is 190 g/mol. The van der Waals surface area contributed by atoms with Gasteiger partial charge in [-0.15, -0.1) is 0 Å². The Bertz CT molecular complexity index is 183. The smallest absolute Gasteiger partial charge is 0.328 e. The fraction of sp³-hybridized carbons (Fsp3) is 0.714. The minimum absolute atomic E-state index is 0.181. The first kappa shape index (κ1) is 11.9. The van der Waals surface area contributed by atoms with E-state index in [0.717, 1.165) is 0 Å². The molecule has 0 saturated carbocycles. The molecule has 0 aromatic rings. The molecule has 1 atom stereocenters. The van der Waals surface area contributed by atoms with Crippen LogP contribution >= 0.6 is 0 Å². The summed E-state index contributed by atoms with van der Waals surface area (Å²) >= 11 is 0. The zero-order valence-corrected chi connectivity index (χ0v) is 7.19. The summed E-state index contributed by atoms with van der Waals surface area (Å²) in [6.07, 6.45) is 0.684. The Morgan fingerprint density at radius 3 is 2.46 bits per heavy atom. The molecule has 0 aliphatic heterocycles. The average molecular weight is 190 g/mol. The maximum atomic E-state index is 10.9. The Hall–Kier alpha value is -1.14. The van der Waals surface area contributed by atoms with Crippen molar-refractivity contribution in [3.63, 3.8) is 0 Å². The third-order valence-electron chi connectivity index (χ3n) is 1.42. The third-order valence-corrected chi connectivity index (χ3v) is 1.42. The number of carboxylic acid groups (broad SMARTS) is 1. The van der Waals surface area contributed by atoms with Gasteiger partial charge in [0.25, 0.3) is 0 Å². The number of aliphatic hydroxyl groups is 1. The quantitative estimate of drug-likeness (QED) is 0.398. The number of carbonyl (C=O) groups excluding carboxylic acids is 1. The molecule has 5 N–H and O–H groups in total. The second-order valence-electron chi connectivity index (χ2n) is 2.53. The van der Waals surface area contributed by atoms with Gasteiger partial charge in [0.05, 0.1) is 6.61 Å². The Balaban J connectivity index is 3.80. The van der Waals surface area contributed by atoms with E-state index in [4.69, 9.17) is 15.9 Å². The molecule has 0 fully saturated rings. The summed E-state index contributed by atoms with van der Waals surface area (Å²) in [6, 6.07) is -1.22. The fourth-order valence-electron chi connectivity index (χ4n) is 0.715. The summed E-state index contributed by atoms with van der Waals surface area (Å²) in [6.45, 7) is -0.228. The SMILES string of the molecule is NCCCC(=O)N[C@@H](CO)C(=O)O. The molecule has 0 aromatic carbocycles. The number of carboxylic acids is 1. The van der Waals surface area contributed by atoms with Crippen LogP contribution in [0.25, 0.3) is 0 Å². The zero-order chi connectivity index (χ0) is 10.3. The Morgan fingerprint density at radius 1 is 1.46 bits per heavy atom. The van der Waals surface area contributed by atoms with E-state index in [2.05, 4.69) is 5.32 Å². The van der Waals surface area contributed by atoms with Gasteiger partial charge in [0.1, 0.15) is 6.04 Å². The molecule has 0 aliphatic rings. The number of carbonyl (C=O) groups is 2. The lowest BCUT2D eigenvalue weighted by molar-refractivity contribution is -0.142. The highest BCUT2D eigenvalue weighted by molar-refractivity contribution is 5.83. The third kappa shape index (κ3) is 5.15. The number of amides is 1. The van der Waals surface area contributed by atoms with Crippen molar-refractivity contribution in [3.05, 3.63) is 0 Å². The van der Waals surface area contributed by atoms with E-state index in [1.54, 1.807) is 0 Å². The van der Waals surface area contributed by atoms with Crippen molar-refractivity contribution >= 4 is 11.9 Å². The molecule has 0 bridgehead atoms. The standard InChI is InChI=1S/C7H14N2O4/c8-3-1-2-6(11)9-5(4-10)7(12)13/h5,10H,1-4,8H2,(H,9,11)(H,12,13)/t5-/m0/s1. The highest BCUT2D eigenvalue weighted by atomic mass is 16.4. The van der Waals surface area contributed by atoms with Gasteiger partial charge < -0.3 is 21.3 Å². The van der Waals surface area contributed by atoms with E-state index in [1.165, 1.54) is 0 Å². The van der Waals surface area contributed by atoms with Crippen LogP contribution in [-0.2, 0) is 9.59 Å². The summed E-state index contributed by atoms with van der Waals surface area (Å²) in [4.78, 5) is 21.3. The van der Waals surface area contributed by atoms with Crippen molar-refractivity contribution in [2.45, 2.75) is 18.9 Å². The number of rotatable bonds is 6. The van der Waals surface area contributed by atoms with Crippen LogP contribution in [0.5, 0.6) is 0 Å². The van der Waals surface area contributed by atoms with Gasteiger partial charge in [0, 0.05) is 6.42 Å². The van der Waals surface area contributed by atoms with Crippen LogP contribution in [0.4, 0.5) is 0 Å². The highest BCUT2D eigenvalue weighted by Crippen LogP contribution is 1.89. The molecule has 0 heterocycles. The second-order valence-corrected chi connectivity index (χ2v) is 2.53. The van der Waals surface area contributed by atoms with Crippen molar-refractivity contribution in [2.75, 3.05) is 13.2 Å². The predicted octanol–water partition coefficient (Wildman–Crippen LogP) is -1.71. The maximum absolute atomic E-state index is 10.9. The van der Waals surface area contributed by atoms with E-state index in [9.17, 15) is 9.59 Å². The number of aliphatic carboxylic acids is 1. The van der Waals surface area contributed by atoms with Crippen LogP contribution in [0.1, 0.15) is 12.8 Å². The number of hydrogen-bond acceptors (Lipinski definition) is 4. The molecule has 13 heavy (non-hydrogen) atoms. The summed E-state index contributed by atoms with van der Waals surface area (Å²) in [7, 11) is 0. The van der Waals surface area contributed by atoms with E-state index in [0.29, 0.717) is 13.0 Å². The molecule has 0 aliphatic carbocycles. The summed E-state index contributed by atoms with van der Waals surface area (Å²) in [5.41, 5.74) is 5.15. The van der Waals surface area contributed by atoms with Gasteiger partial charge in [-0.3, -0.25) is 4.79 Å². The Morgan fingerprint density at radius 2 is 2.08 bits per heavy atom. The number of nitrogens with one attached hydrogen (secondary N) is 1. The van der Waals surface area contributed by atoms with Crippen molar-refractivity contribution in [1.29, 1.82) is 0 Å². The first-order valence-electron chi connectivity index (χ1n) is 3.95. The molecular weight excluding hydrogens is 176 g/mol. The summed E-state index contributed by atoms with van der Waals surface area (Å²) in [5.74, 6) is -1.66. The van der Waals surface area contributed by atoms with Gasteiger partial charge in [-0.05, 0) is 13.0 Å². The molecular formula is C7H14N2O4. The second kappa shape index (κ2) is 6.38. The minimum atomic E-state index is -1.25. The van der Waals surface area contributed by atoms with Crippen LogP contribution in [0, 0.1) is 0 Å². The van der Waals surface area contributed by atoms with E-state index >= 15 is 0 Å². The van der Waals surface area contributed by atoms with Gasteiger partial charge in [-0.1, -0.05) is 0 Å². The van der Waals surface area contributed by atoms with Crippen molar-refractivity contribution in [2.24, 2.45) is 5.73 Å². The molecule has 0 spiro atoms. The lowest BCUT2D eigenvalue weighted by atomic mass is 10.2. The normalized spacial score (nSPS) is 12.2. The topological polar surface area (TPSA) is 113 Å². The largest absolute Gasteiger partial charge is 0.480 e. The van der Waals surface area contributed by atoms with Gasteiger partial charge >= 0.3 is 5.97 Å². The van der Waals surface area contributed by atoms with Crippen LogP contribution in [-0.4, -0.2) is 41.3 Å². The average Bonchev–Trinajstić information content (AvgIpc) is 2.10. The molecule has 6 heteroatoms. The summed E-state index contributed by atoms with van der Waals surface area (Å²) < 4.78 is 0. The van der Waals surface area contributed by atoms with Gasteiger partial charge in [-0.25, -0.2) is 4.79 Å². The molecule has 0 unspecified atom stereocenters. The predicted molar refractivity (Wildman–Crippen MR) is 44.9 cm³/mol. The molecule has 1 amide bonds. The Kier molecular flexibility index (Phi) is 5.82. The first-order valence-corrected chi connectivity index (χ1v) is 3.95. The van der Waals surface area contributed by atoms with Crippen LogP contribution in [0.15, 0.2) is 0 Å². The van der Waals surface area contributed by atoms with Gasteiger partial charge in [0.15, 0.2) is 0 Å². The van der Waals surface area contributed by atoms with E-state index < -0.39 is 24.5 Å². The van der Waals surface area contributed by atoms with Crippen molar-refractivity contribution in [1.82, 2.24) is 5.32 Å². The molecule has 6 nitrogen and oxygen atoms in total. The molecule has 0 rings (SSSR count). The lowest BCUT2D eigenvalue weighted by Gasteiger charge is -2.10. The van der Waals surface area contributed by atoms with Crippen molar-refractivity contribution in [3.8, 4) is 0 Å². The number of nitrogens with two attached hydrogens (primary N) is 1. The molecule has 76 valence electrons. The summed E-state index contributed by atoms with van der Waals surface area (Å²) in [5, 5.41) is 19.2.